The maximum atomic E-state index is 11.5. The van der Waals surface area contributed by atoms with Crippen molar-refractivity contribution in [1.29, 1.82) is 0 Å². The van der Waals surface area contributed by atoms with Gasteiger partial charge in [0.15, 0.2) is 5.78 Å². The van der Waals surface area contributed by atoms with Crippen LogP contribution in [0.5, 0.6) is 0 Å². The van der Waals surface area contributed by atoms with Crippen LogP contribution in [0.15, 0.2) is 12.2 Å². The van der Waals surface area contributed by atoms with E-state index in [2.05, 4.69) is 0 Å². The number of allylic oxidation sites excluding steroid dienone is 1. The first-order valence-corrected chi connectivity index (χ1v) is 4.75. The van der Waals surface area contributed by atoms with E-state index in [1.807, 2.05) is 6.08 Å². The van der Waals surface area contributed by atoms with Crippen LogP contribution < -0.4 is 0 Å². The van der Waals surface area contributed by atoms with Crippen LogP contribution in [0.25, 0.3) is 0 Å². The molecule has 0 aromatic carbocycles. The summed E-state index contributed by atoms with van der Waals surface area (Å²) in [5.74, 6) is 0.802. The van der Waals surface area contributed by atoms with E-state index < -0.39 is 0 Å². The van der Waals surface area contributed by atoms with Crippen LogP contribution in [0.4, 0.5) is 0 Å². The second kappa shape index (κ2) is 2.42. The van der Waals surface area contributed by atoms with Gasteiger partial charge >= 0.3 is 0 Å². The van der Waals surface area contributed by atoms with Crippen LogP contribution in [-0.4, -0.2) is 24.8 Å². The minimum Gasteiger partial charge on any atom is -0.355 e. The number of rotatable bonds is 0. The zero-order valence-electron chi connectivity index (χ0n) is 7.36. The maximum Gasteiger partial charge on any atom is 0.161 e. The molecule has 0 N–H and O–H groups in total. The summed E-state index contributed by atoms with van der Waals surface area (Å²) in [6.45, 7) is 1.12. The number of hydrogen-bond acceptors (Lipinski definition) is 3. The Hall–Kier alpha value is -0.670. The molecule has 0 aromatic rings. The molecule has 3 atom stereocenters. The van der Waals surface area contributed by atoms with E-state index in [4.69, 9.17) is 9.47 Å². The van der Waals surface area contributed by atoms with E-state index in [0.717, 1.165) is 19.4 Å². The summed E-state index contributed by atoms with van der Waals surface area (Å²) < 4.78 is 10.9. The molecule has 1 saturated carbocycles. The summed E-state index contributed by atoms with van der Waals surface area (Å²) in [5.41, 5.74) is -0.177. The molecule has 13 heavy (non-hydrogen) atoms. The lowest BCUT2D eigenvalue weighted by Gasteiger charge is -2.57. The second-order valence-electron chi connectivity index (χ2n) is 4.08. The van der Waals surface area contributed by atoms with Gasteiger partial charge in [-0.05, 0) is 18.9 Å². The molecule has 0 aromatic heterocycles. The van der Waals surface area contributed by atoms with Gasteiger partial charge in [0.1, 0.15) is 6.79 Å². The molecule has 1 spiro atoms. The Morgan fingerprint density at radius 2 is 2.46 bits per heavy atom. The summed E-state index contributed by atoms with van der Waals surface area (Å²) in [6.07, 6.45) is 5.47. The van der Waals surface area contributed by atoms with Gasteiger partial charge in [0.2, 0.25) is 0 Å². The molecule has 3 aliphatic rings. The largest absolute Gasteiger partial charge is 0.355 e. The molecule has 0 radical (unpaired) electrons. The van der Waals surface area contributed by atoms with Crippen molar-refractivity contribution in [2.45, 2.75) is 18.4 Å². The number of carbonyl (C=O) groups excluding carboxylic acids is 1. The van der Waals surface area contributed by atoms with E-state index in [-0.39, 0.29) is 17.3 Å². The van der Waals surface area contributed by atoms with Crippen LogP contribution in [0, 0.1) is 11.8 Å². The first-order chi connectivity index (χ1) is 6.33. The normalized spacial score (nSPS) is 47.8. The smallest absolute Gasteiger partial charge is 0.161 e. The third-order valence-corrected chi connectivity index (χ3v) is 3.59. The summed E-state index contributed by atoms with van der Waals surface area (Å²) in [7, 11) is 0. The molecule has 3 nitrogen and oxygen atoms in total. The van der Waals surface area contributed by atoms with Crippen molar-refractivity contribution in [3.8, 4) is 0 Å². The molecule has 1 saturated heterocycles. The van der Waals surface area contributed by atoms with Crippen LogP contribution >= 0.6 is 0 Å². The topological polar surface area (TPSA) is 35.5 Å². The third-order valence-electron chi connectivity index (χ3n) is 3.59. The summed E-state index contributed by atoms with van der Waals surface area (Å²) in [4.78, 5) is 11.5. The minimum atomic E-state index is -0.177. The van der Waals surface area contributed by atoms with E-state index in [9.17, 15) is 4.79 Å². The van der Waals surface area contributed by atoms with Gasteiger partial charge in [-0.15, -0.1) is 0 Å². The fourth-order valence-corrected chi connectivity index (χ4v) is 2.78. The lowest BCUT2D eigenvalue weighted by atomic mass is 9.56. The Morgan fingerprint density at radius 1 is 1.54 bits per heavy atom. The fourth-order valence-electron chi connectivity index (χ4n) is 2.78. The number of hydrogen-bond donors (Lipinski definition) is 0. The van der Waals surface area contributed by atoms with E-state index in [1.165, 1.54) is 0 Å². The van der Waals surface area contributed by atoms with Crippen LogP contribution in [0.2, 0.25) is 0 Å². The van der Waals surface area contributed by atoms with Gasteiger partial charge in [0, 0.05) is 5.92 Å². The van der Waals surface area contributed by atoms with Crippen molar-refractivity contribution in [3.63, 3.8) is 0 Å². The van der Waals surface area contributed by atoms with E-state index in [0.29, 0.717) is 12.7 Å². The molecule has 3 rings (SSSR count). The van der Waals surface area contributed by atoms with Gasteiger partial charge in [-0.2, -0.15) is 0 Å². The first-order valence-electron chi connectivity index (χ1n) is 4.75. The highest BCUT2D eigenvalue weighted by atomic mass is 16.7. The van der Waals surface area contributed by atoms with Crippen molar-refractivity contribution >= 4 is 5.78 Å². The molecule has 1 aliphatic heterocycles. The molecule has 70 valence electrons. The average molecular weight is 180 g/mol. The number of ketones is 1. The Kier molecular flexibility index (Phi) is 1.44. The monoisotopic (exact) mass is 180 g/mol. The highest BCUT2D eigenvalue weighted by Gasteiger charge is 2.60. The Morgan fingerprint density at radius 3 is 3.31 bits per heavy atom. The SMILES string of the molecule is O=C1C=CCC23OCOCC2CC13. The summed E-state index contributed by atoms with van der Waals surface area (Å²) in [6, 6.07) is 0. The van der Waals surface area contributed by atoms with Crippen LogP contribution in [0.1, 0.15) is 12.8 Å². The van der Waals surface area contributed by atoms with Crippen LogP contribution in [-0.2, 0) is 14.3 Å². The lowest BCUT2D eigenvalue weighted by molar-refractivity contribution is -0.286. The van der Waals surface area contributed by atoms with Gasteiger partial charge in [0.25, 0.3) is 0 Å². The Balaban J connectivity index is 1.93. The van der Waals surface area contributed by atoms with Crippen molar-refractivity contribution in [3.05, 3.63) is 12.2 Å². The van der Waals surface area contributed by atoms with Gasteiger partial charge in [-0.1, -0.05) is 6.08 Å². The summed E-state index contributed by atoms with van der Waals surface area (Å²) >= 11 is 0. The Bertz CT molecular complexity index is 284. The molecular weight excluding hydrogens is 168 g/mol. The fraction of sp³-hybridized carbons (Fsp3) is 0.700. The van der Waals surface area contributed by atoms with Crippen molar-refractivity contribution in [1.82, 2.24) is 0 Å². The average Bonchev–Trinajstić information content (AvgIpc) is 2.07. The van der Waals surface area contributed by atoms with Crippen LogP contribution in [0.3, 0.4) is 0 Å². The molecule has 3 heteroatoms. The number of ether oxygens (including phenoxy) is 2. The van der Waals surface area contributed by atoms with Crippen molar-refractivity contribution in [2.24, 2.45) is 11.8 Å². The zero-order chi connectivity index (χ0) is 8.89. The zero-order valence-corrected chi connectivity index (χ0v) is 7.36. The predicted molar refractivity (Wildman–Crippen MR) is 45.0 cm³/mol. The molecule has 2 fully saturated rings. The first kappa shape index (κ1) is 7.71. The molecule has 3 unspecified atom stereocenters. The van der Waals surface area contributed by atoms with Crippen molar-refractivity contribution in [2.75, 3.05) is 13.4 Å². The molecule has 2 aliphatic carbocycles. The number of carbonyl (C=O) groups is 1. The van der Waals surface area contributed by atoms with Gasteiger partial charge in [-0.3, -0.25) is 4.79 Å². The Labute approximate surface area is 76.7 Å². The molecule has 1 heterocycles. The molecule has 0 bridgehead atoms. The van der Waals surface area contributed by atoms with Gasteiger partial charge in [0.05, 0.1) is 18.1 Å². The quantitative estimate of drug-likeness (QED) is 0.555. The third kappa shape index (κ3) is 0.837. The van der Waals surface area contributed by atoms with Gasteiger partial charge < -0.3 is 9.47 Å². The highest BCUT2D eigenvalue weighted by molar-refractivity contribution is 5.94. The summed E-state index contributed by atoms with van der Waals surface area (Å²) in [5, 5.41) is 0. The maximum absolute atomic E-state index is 11.5. The standard InChI is InChI=1S/C10H12O3/c11-9-2-1-3-10-7(4-8(9)10)5-12-6-13-10/h1-2,7-8H,3-6H2. The minimum absolute atomic E-state index is 0.117. The lowest BCUT2D eigenvalue weighted by Crippen LogP contribution is -2.64. The van der Waals surface area contributed by atoms with Crippen molar-refractivity contribution < 1.29 is 14.3 Å². The molecule has 0 amide bonds. The van der Waals surface area contributed by atoms with E-state index in [1.54, 1.807) is 6.08 Å². The predicted octanol–water partition coefficient (Wildman–Crippen LogP) is 0.895. The second-order valence-corrected chi connectivity index (χ2v) is 4.08. The highest BCUT2D eigenvalue weighted by Crippen LogP contribution is 2.53. The van der Waals surface area contributed by atoms with E-state index >= 15 is 0 Å². The molecular formula is C10H12O3. The van der Waals surface area contributed by atoms with Gasteiger partial charge in [-0.25, -0.2) is 0 Å².